The molecule has 0 bridgehead atoms. The lowest BCUT2D eigenvalue weighted by molar-refractivity contribution is -0.128. The predicted octanol–water partition coefficient (Wildman–Crippen LogP) is 4.83. The zero-order valence-electron chi connectivity index (χ0n) is 18.5. The Morgan fingerprint density at radius 2 is 1.79 bits per heavy atom. The van der Waals surface area contributed by atoms with Gasteiger partial charge in [-0.2, -0.15) is 0 Å². The number of carbonyl (C=O) groups is 2. The molecule has 0 aliphatic carbocycles. The van der Waals surface area contributed by atoms with Crippen LogP contribution in [0.5, 0.6) is 5.75 Å². The molecule has 0 unspecified atom stereocenters. The fraction of sp³-hybridized carbons (Fsp3) is 0.304. The smallest absolute Gasteiger partial charge is 0.413 e. The highest BCUT2D eigenvalue weighted by Gasteiger charge is 2.15. The van der Waals surface area contributed by atoms with Gasteiger partial charge in [-0.15, -0.1) is 10.2 Å². The fourth-order valence-corrected chi connectivity index (χ4v) is 4.46. The summed E-state index contributed by atoms with van der Waals surface area (Å²) in [6.07, 6.45) is -0.574. The van der Waals surface area contributed by atoms with E-state index in [2.05, 4.69) is 15.5 Å². The van der Waals surface area contributed by atoms with Crippen molar-refractivity contribution in [1.82, 2.24) is 15.1 Å². The maximum absolute atomic E-state index is 12.7. The van der Waals surface area contributed by atoms with E-state index in [1.807, 2.05) is 61.5 Å². The highest BCUT2D eigenvalue weighted by molar-refractivity contribution is 8.01. The second-order valence-corrected chi connectivity index (χ2v) is 9.03. The van der Waals surface area contributed by atoms with Gasteiger partial charge in [-0.3, -0.25) is 10.1 Å². The number of amides is 2. The monoisotopic (exact) mass is 486 g/mol. The number of thioether (sulfide) groups is 1. The molecule has 0 spiro atoms. The number of hydrogen-bond acceptors (Lipinski definition) is 8. The highest BCUT2D eigenvalue weighted by atomic mass is 32.2. The second-order valence-electron chi connectivity index (χ2n) is 6.83. The van der Waals surface area contributed by atoms with Crippen LogP contribution in [0, 0.1) is 0 Å². The third-order valence-corrected chi connectivity index (χ3v) is 6.45. The van der Waals surface area contributed by atoms with Crippen LogP contribution in [-0.2, 0) is 22.7 Å². The van der Waals surface area contributed by atoms with Crippen molar-refractivity contribution < 1.29 is 19.1 Å². The summed E-state index contributed by atoms with van der Waals surface area (Å²) in [7, 11) is 0. The summed E-state index contributed by atoms with van der Waals surface area (Å²) in [6, 6.07) is 17.8. The standard InChI is InChI=1S/C23H26N4O4S2/c1-3-27(20(28)16-32-23-26-25-21(33-23)24-22(29)30-4-2)14-17-10-12-19(13-11-17)31-15-18-8-6-5-7-9-18/h5-13H,3-4,14-16H2,1-2H3,(H,24,25,29). The van der Waals surface area contributed by atoms with Crippen LogP contribution in [0.3, 0.4) is 0 Å². The van der Waals surface area contributed by atoms with Crippen molar-refractivity contribution >= 4 is 40.2 Å². The second kappa shape index (κ2) is 12.8. The fourth-order valence-electron chi connectivity index (χ4n) is 2.82. The van der Waals surface area contributed by atoms with Crippen LogP contribution in [0.15, 0.2) is 58.9 Å². The lowest BCUT2D eigenvalue weighted by Crippen LogP contribution is -2.31. The summed E-state index contributed by atoms with van der Waals surface area (Å²) in [6.45, 7) is 5.57. The van der Waals surface area contributed by atoms with Gasteiger partial charge in [0, 0.05) is 13.1 Å². The molecule has 0 fully saturated rings. The molecule has 0 aliphatic heterocycles. The van der Waals surface area contributed by atoms with Gasteiger partial charge in [0.05, 0.1) is 12.4 Å². The number of ether oxygens (including phenoxy) is 2. The number of anilines is 1. The zero-order valence-corrected chi connectivity index (χ0v) is 20.2. The lowest BCUT2D eigenvalue weighted by Gasteiger charge is -2.20. The third kappa shape index (κ3) is 8.07. The highest BCUT2D eigenvalue weighted by Crippen LogP contribution is 2.26. The quantitative estimate of drug-likeness (QED) is 0.307. The van der Waals surface area contributed by atoms with Crippen LogP contribution >= 0.6 is 23.1 Å². The van der Waals surface area contributed by atoms with E-state index in [1.165, 1.54) is 23.1 Å². The third-order valence-electron chi connectivity index (χ3n) is 4.49. The summed E-state index contributed by atoms with van der Waals surface area (Å²) in [5, 5.41) is 10.7. The van der Waals surface area contributed by atoms with E-state index in [9.17, 15) is 9.59 Å². The molecule has 0 atom stereocenters. The Labute approximate surface area is 201 Å². The number of carbonyl (C=O) groups excluding carboxylic acids is 2. The largest absolute Gasteiger partial charge is 0.489 e. The first-order valence-electron chi connectivity index (χ1n) is 10.5. The molecule has 0 aliphatic rings. The average Bonchev–Trinajstić information content (AvgIpc) is 3.28. The molecule has 0 saturated carbocycles. The first-order chi connectivity index (χ1) is 16.1. The molecule has 8 nitrogen and oxygen atoms in total. The van der Waals surface area contributed by atoms with Gasteiger partial charge in [-0.1, -0.05) is 65.6 Å². The summed E-state index contributed by atoms with van der Waals surface area (Å²) in [5.41, 5.74) is 2.14. The lowest BCUT2D eigenvalue weighted by atomic mass is 10.2. The summed E-state index contributed by atoms with van der Waals surface area (Å²) in [5.74, 6) is 1.03. The van der Waals surface area contributed by atoms with Crippen LogP contribution in [0.2, 0.25) is 0 Å². The van der Waals surface area contributed by atoms with Gasteiger partial charge in [0.15, 0.2) is 4.34 Å². The van der Waals surface area contributed by atoms with Crippen molar-refractivity contribution in [3.05, 3.63) is 65.7 Å². The Kier molecular flexibility index (Phi) is 9.52. The van der Waals surface area contributed by atoms with Gasteiger partial charge in [0.1, 0.15) is 12.4 Å². The van der Waals surface area contributed by atoms with Crippen LogP contribution in [0.4, 0.5) is 9.93 Å². The molecule has 10 heteroatoms. The molecule has 0 radical (unpaired) electrons. The predicted molar refractivity (Wildman–Crippen MR) is 130 cm³/mol. The number of rotatable bonds is 11. The first-order valence-corrected chi connectivity index (χ1v) is 12.3. The van der Waals surface area contributed by atoms with Gasteiger partial charge >= 0.3 is 6.09 Å². The summed E-state index contributed by atoms with van der Waals surface area (Å²) < 4.78 is 11.2. The van der Waals surface area contributed by atoms with E-state index in [4.69, 9.17) is 9.47 Å². The molecule has 1 heterocycles. The van der Waals surface area contributed by atoms with Crippen molar-refractivity contribution in [2.45, 2.75) is 31.3 Å². The molecule has 3 rings (SSSR count). The molecule has 174 valence electrons. The van der Waals surface area contributed by atoms with E-state index in [-0.39, 0.29) is 18.3 Å². The normalized spacial score (nSPS) is 10.5. The minimum absolute atomic E-state index is 0.00186. The number of nitrogens with one attached hydrogen (secondary N) is 1. The van der Waals surface area contributed by atoms with Crippen LogP contribution in [0.25, 0.3) is 0 Å². The van der Waals surface area contributed by atoms with E-state index in [0.717, 1.165) is 16.9 Å². The first kappa shape index (κ1) is 24.5. The molecule has 2 aromatic carbocycles. The van der Waals surface area contributed by atoms with E-state index >= 15 is 0 Å². The van der Waals surface area contributed by atoms with Gasteiger partial charge in [0.2, 0.25) is 11.0 Å². The van der Waals surface area contributed by atoms with Crippen LogP contribution < -0.4 is 10.1 Å². The van der Waals surface area contributed by atoms with Crippen molar-refractivity contribution in [2.75, 3.05) is 24.2 Å². The van der Waals surface area contributed by atoms with Crippen molar-refractivity contribution in [2.24, 2.45) is 0 Å². The van der Waals surface area contributed by atoms with E-state index < -0.39 is 6.09 Å². The zero-order chi connectivity index (χ0) is 23.5. The topological polar surface area (TPSA) is 93.7 Å². The molecule has 1 aromatic heterocycles. The van der Waals surface area contributed by atoms with E-state index in [1.54, 1.807) is 11.8 Å². The SMILES string of the molecule is CCOC(=O)Nc1nnc(SCC(=O)N(CC)Cc2ccc(OCc3ccccc3)cc2)s1. The number of nitrogens with zero attached hydrogens (tertiary/aromatic N) is 3. The molecule has 2 amide bonds. The molecule has 33 heavy (non-hydrogen) atoms. The molecule has 0 saturated heterocycles. The van der Waals surface area contributed by atoms with Crippen molar-refractivity contribution in [3.63, 3.8) is 0 Å². The minimum atomic E-state index is -0.574. The van der Waals surface area contributed by atoms with Gasteiger partial charge in [-0.05, 0) is 37.1 Å². The average molecular weight is 487 g/mol. The van der Waals surface area contributed by atoms with Crippen LogP contribution in [0.1, 0.15) is 25.0 Å². The Balaban J connectivity index is 1.46. The molecule has 3 aromatic rings. The maximum atomic E-state index is 12.7. The number of benzene rings is 2. The molecule has 1 N–H and O–H groups in total. The number of aromatic nitrogens is 2. The maximum Gasteiger partial charge on any atom is 0.413 e. The van der Waals surface area contributed by atoms with Crippen molar-refractivity contribution in [3.8, 4) is 5.75 Å². The Morgan fingerprint density at radius 3 is 2.48 bits per heavy atom. The van der Waals surface area contributed by atoms with Gasteiger partial charge < -0.3 is 14.4 Å². The van der Waals surface area contributed by atoms with Gasteiger partial charge in [0.25, 0.3) is 0 Å². The molecular weight excluding hydrogens is 460 g/mol. The number of hydrogen-bond donors (Lipinski definition) is 1. The Hall–Kier alpha value is -3.11. The summed E-state index contributed by atoms with van der Waals surface area (Å²) in [4.78, 5) is 25.9. The Morgan fingerprint density at radius 1 is 1.03 bits per heavy atom. The minimum Gasteiger partial charge on any atom is -0.489 e. The Bertz CT molecular complexity index is 1030. The molecular formula is C23H26N4O4S2. The summed E-state index contributed by atoms with van der Waals surface area (Å²) >= 11 is 2.49. The van der Waals surface area contributed by atoms with E-state index in [0.29, 0.717) is 29.2 Å². The van der Waals surface area contributed by atoms with Gasteiger partial charge in [-0.25, -0.2) is 4.79 Å². The van der Waals surface area contributed by atoms with Crippen LogP contribution in [-0.4, -0.2) is 46.0 Å². The van der Waals surface area contributed by atoms with Crippen molar-refractivity contribution in [1.29, 1.82) is 0 Å².